The highest BCUT2D eigenvalue weighted by atomic mass is 16.5. The minimum absolute atomic E-state index is 0.217. The number of methoxy groups -OCH3 is 2. The highest BCUT2D eigenvalue weighted by molar-refractivity contribution is 6.06. The number of ether oxygens (including phenoxy) is 2. The molecule has 0 radical (unpaired) electrons. The zero-order chi connectivity index (χ0) is 13.7. The molecule has 0 aromatic heterocycles. The van der Waals surface area contributed by atoms with Gasteiger partial charge in [0.15, 0.2) is 0 Å². The maximum Gasteiger partial charge on any atom is 0.259 e. The third-order valence-corrected chi connectivity index (χ3v) is 2.68. The summed E-state index contributed by atoms with van der Waals surface area (Å²) in [6, 6.07) is 14.3. The monoisotopic (exact) mass is 257 g/mol. The van der Waals surface area contributed by atoms with E-state index in [4.69, 9.17) is 9.47 Å². The number of carbonyl (C=O) groups excluding carboxylic acids is 1. The Kier molecular flexibility index (Phi) is 4.03. The van der Waals surface area contributed by atoms with Crippen LogP contribution in [0.1, 0.15) is 10.4 Å². The maximum absolute atomic E-state index is 12.2. The molecular formula is C15H15NO3. The molecule has 0 fully saturated rings. The van der Waals surface area contributed by atoms with Gasteiger partial charge in [0.2, 0.25) is 0 Å². The van der Waals surface area contributed by atoms with Crippen LogP contribution in [-0.4, -0.2) is 20.1 Å². The Morgan fingerprint density at radius 3 is 2.53 bits per heavy atom. The second-order valence-electron chi connectivity index (χ2n) is 3.89. The van der Waals surface area contributed by atoms with E-state index in [1.165, 1.54) is 7.11 Å². The SMILES string of the molecule is COc1cccc(NC(=O)c2ccccc2OC)c1. The Morgan fingerprint density at radius 1 is 1.00 bits per heavy atom. The largest absolute Gasteiger partial charge is 0.497 e. The predicted octanol–water partition coefficient (Wildman–Crippen LogP) is 2.96. The average molecular weight is 257 g/mol. The lowest BCUT2D eigenvalue weighted by atomic mass is 10.2. The van der Waals surface area contributed by atoms with Crippen LogP contribution < -0.4 is 14.8 Å². The average Bonchev–Trinajstić information content (AvgIpc) is 2.47. The van der Waals surface area contributed by atoms with Gasteiger partial charge in [0.1, 0.15) is 11.5 Å². The van der Waals surface area contributed by atoms with E-state index in [1.54, 1.807) is 37.4 Å². The second-order valence-corrected chi connectivity index (χ2v) is 3.89. The second kappa shape index (κ2) is 5.91. The van der Waals surface area contributed by atoms with Crippen molar-refractivity contribution in [3.05, 3.63) is 54.1 Å². The van der Waals surface area contributed by atoms with E-state index < -0.39 is 0 Å². The molecule has 0 unspecified atom stereocenters. The molecule has 0 saturated heterocycles. The van der Waals surface area contributed by atoms with E-state index in [0.717, 1.165) is 0 Å². The number of carbonyl (C=O) groups is 1. The summed E-state index contributed by atoms with van der Waals surface area (Å²) >= 11 is 0. The Bertz CT molecular complexity index is 581. The number of anilines is 1. The first-order valence-electron chi connectivity index (χ1n) is 5.83. The van der Waals surface area contributed by atoms with Crippen LogP contribution in [0.5, 0.6) is 11.5 Å². The molecular weight excluding hydrogens is 242 g/mol. The Balaban J connectivity index is 2.20. The van der Waals surface area contributed by atoms with E-state index in [0.29, 0.717) is 22.7 Å². The summed E-state index contributed by atoms with van der Waals surface area (Å²) in [7, 11) is 3.12. The predicted molar refractivity (Wildman–Crippen MR) is 73.9 cm³/mol. The van der Waals surface area contributed by atoms with Gasteiger partial charge in [0, 0.05) is 11.8 Å². The van der Waals surface area contributed by atoms with Gasteiger partial charge in [0.05, 0.1) is 19.8 Å². The fourth-order valence-corrected chi connectivity index (χ4v) is 1.73. The molecule has 4 heteroatoms. The first kappa shape index (κ1) is 13.0. The standard InChI is InChI=1S/C15H15NO3/c1-18-12-7-5-6-11(10-12)16-15(17)13-8-3-4-9-14(13)19-2/h3-10H,1-2H3,(H,16,17). The van der Waals surface area contributed by atoms with E-state index in [1.807, 2.05) is 18.2 Å². The summed E-state index contributed by atoms with van der Waals surface area (Å²) in [4.78, 5) is 12.2. The molecule has 1 N–H and O–H groups in total. The minimum atomic E-state index is -0.217. The van der Waals surface area contributed by atoms with Crippen molar-refractivity contribution in [2.45, 2.75) is 0 Å². The van der Waals surface area contributed by atoms with Crippen molar-refractivity contribution in [2.24, 2.45) is 0 Å². The van der Waals surface area contributed by atoms with Gasteiger partial charge < -0.3 is 14.8 Å². The van der Waals surface area contributed by atoms with Crippen molar-refractivity contribution in [1.29, 1.82) is 0 Å². The van der Waals surface area contributed by atoms with Gasteiger partial charge in [-0.1, -0.05) is 18.2 Å². The zero-order valence-corrected chi connectivity index (χ0v) is 10.8. The lowest BCUT2D eigenvalue weighted by Gasteiger charge is -2.09. The molecule has 0 atom stereocenters. The Hall–Kier alpha value is -2.49. The van der Waals surface area contributed by atoms with Crippen LogP contribution in [0.25, 0.3) is 0 Å². The lowest BCUT2D eigenvalue weighted by molar-refractivity contribution is 0.102. The van der Waals surface area contributed by atoms with E-state index in [9.17, 15) is 4.79 Å². The van der Waals surface area contributed by atoms with Crippen molar-refractivity contribution < 1.29 is 14.3 Å². The molecule has 0 spiro atoms. The smallest absolute Gasteiger partial charge is 0.259 e. The van der Waals surface area contributed by atoms with Crippen molar-refractivity contribution in [3.8, 4) is 11.5 Å². The fourth-order valence-electron chi connectivity index (χ4n) is 1.73. The molecule has 19 heavy (non-hydrogen) atoms. The molecule has 0 aliphatic carbocycles. The molecule has 0 heterocycles. The van der Waals surface area contributed by atoms with Crippen LogP contribution in [-0.2, 0) is 0 Å². The van der Waals surface area contributed by atoms with Crippen LogP contribution in [0.2, 0.25) is 0 Å². The van der Waals surface area contributed by atoms with Gasteiger partial charge in [0.25, 0.3) is 5.91 Å². The molecule has 1 amide bonds. The number of hydrogen-bond donors (Lipinski definition) is 1. The molecule has 98 valence electrons. The number of hydrogen-bond acceptors (Lipinski definition) is 3. The van der Waals surface area contributed by atoms with Crippen LogP contribution >= 0.6 is 0 Å². The number of benzene rings is 2. The summed E-state index contributed by atoms with van der Waals surface area (Å²) in [5.41, 5.74) is 1.17. The highest BCUT2D eigenvalue weighted by Gasteiger charge is 2.11. The number of para-hydroxylation sites is 1. The first-order valence-corrected chi connectivity index (χ1v) is 5.83. The van der Waals surface area contributed by atoms with E-state index in [2.05, 4.69) is 5.32 Å². The van der Waals surface area contributed by atoms with Gasteiger partial charge in [-0.3, -0.25) is 4.79 Å². The number of nitrogens with one attached hydrogen (secondary N) is 1. The van der Waals surface area contributed by atoms with Crippen LogP contribution in [0.4, 0.5) is 5.69 Å². The van der Waals surface area contributed by atoms with Crippen molar-refractivity contribution in [2.75, 3.05) is 19.5 Å². The van der Waals surface area contributed by atoms with Crippen molar-refractivity contribution >= 4 is 11.6 Å². The van der Waals surface area contributed by atoms with Crippen LogP contribution in [0.15, 0.2) is 48.5 Å². The summed E-state index contributed by atoms with van der Waals surface area (Å²) in [6.07, 6.45) is 0. The highest BCUT2D eigenvalue weighted by Crippen LogP contribution is 2.21. The summed E-state index contributed by atoms with van der Waals surface area (Å²) in [5.74, 6) is 1.02. The first-order chi connectivity index (χ1) is 9.24. The van der Waals surface area contributed by atoms with Crippen molar-refractivity contribution in [3.63, 3.8) is 0 Å². The normalized spacial score (nSPS) is 9.79. The summed E-state index contributed by atoms with van der Waals surface area (Å²) < 4.78 is 10.3. The maximum atomic E-state index is 12.2. The van der Waals surface area contributed by atoms with E-state index in [-0.39, 0.29) is 5.91 Å². The number of rotatable bonds is 4. The van der Waals surface area contributed by atoms with Crippen LogP contribution in [0, 0.1) is 0 Å². The topological polar surface area (TPSA) is 47.6 Å². The lowest BCUT2D eigenvalue weighted by Crippen LogP contribution is -2.13. The third-order valence-electron chi connectivity index (χ3n) is 2.68. The molecule has 0 aliphatic rings. The third kappa shape index (κ3) is 3.04. The summed E-state index contributed by atoms with van der Waals surface area (Å²) in [6.45, 7) is 0. The van der Waals surface area contributed by atoms with Gasteiger partial charge >= 0.3 is 0 Å². The van der Waals surface area contributed by atoms with E-state index >= 15 is 0 Å². The molecule has 2 aromatic carbocycles. The van der Waals surface area contributed by atoms with Crippen molar-refractivity contribution in [1.82, 2.24) is 0 Å². The minimum Gasteiger partial charge on any atom is -0.497 e. The Morgan fingerprint density at radius 2 is 1.79 bits per heavy atom. The molecule has 0 saturated carbocycles. The molecule has 0 aliphatic heterocycles. The van der Waals surface area contributed by atoms with Crippen LogP contribution in [0.3, 0.4) is 0 Å². The number of amides is 1. The molecule has 0 bridgehead atoms. The van der Waals surface area contributed by atoms with Gasteiger partial charge in [-0.25, -0.2) is 0 Å². The molecule has 2 rings (SSSR count). The molecule has 4 nitrogen and oxygen atoms in total. The summed E-state index contributed by atoms with van der Waals surface area (Å²) in [5, 5.41) is 2.81. The van der Waals surface area contributed by atoms with Gasteiger partial charge in [-0.2, -0.15) is 0 Å². The fraction of sp³-hybridized carbons (Fsp3) is 0.133. The van der Waals surface area contributed by atoms with Gasteiger partial charge in [-0.05, 0) is 24.3 Å². The Labute approximate surface area is 112 Å². The zero-order valence-electron chi connectivity index (χ0n) is 10.8. The molecule has 2 aromatic rings. The van der Waals surface area contributed by atoms with Gasteiger partial charge in [-0.15, -0.1) is 0 Å². The quantitative estimate of drug-likeness (QED) is 0.916.